The molecule has 0 unspecified atom stereocenters. The van der Waals surface area contributed by atoms with E-state index in [1.807, 2.05) is 24.3 Å². The fourth-order valence-corrected chi connectivity index (χ4v) is 2.66. The van der Waals surface area contributed by atoms with Crippen LogP contribution < -0.4 is 14.4 Å². The summed E-state index contributed by atoms with van der Waals surface area (Å²) in [4.78, 5) is 2.33. The average molecular weight is 313 g/mol. The fraction of sp³-hybridized carbons (Fsp3) is 0.400. The van der Waals surface area contributed by atoms with Crippen LogP contribution in [0, 0.1) is 0 Å². The molecule has 0 saturated heterocycles. The van der Waals surface area contributed by atoms with Gasteiger partial charge in [0.2, 0.25) is 0 Å². The second kappa shape index (κ2) is 9.09. The second-order valence-corrected chi connectivity index (χ2v) is 5.62. The standard InChI is InChI=1S/C20H27NO2/c1-4-5-6-7-14-21(17-10-8-12-19(15-17)22-2)18-11-9-13-20(16-18)23-3/h8-13,15-16H,4-7,14H2,1-3H3. The van der Waals surface area contributed by atoms with Crippen molar-refractivity contribution >= 4 is 11.4 Å². The van der Waals surface area contributed by atoms with Crippen molar-refractivity contribution in [3.05, 3.63) is 48.5 Å². The smallest absolute Gasteiger partial charge is 0.120 e. The van der Waals surface area contributed by atoms with Crippen LogP contribution in [0.1, 0.15) is 32.6 Å². The van der Waals surface area contributed by atoms with Crippen molar-refractivity contribution in [2.75, 3.05) is 25.7 Å². The number of hydrogen-bond donors (Lipinski definition) is 0. The Kier molecular flexibility index (Phi) is 6.79. The first-order valence-electron chi connectivity index (χ1n) is 8.34. The van der Waals surface area contributed by atoms with Crippen molar-refractivity contribution in [1.82, 2.24) is 0 Å². The molecule has 2 rings (SSSR count). The summed E-state index contributed by atoms with van der Waals surface area (Å²) in [5.41, 5.74) is 2.29. The van der Waals surface area contributed by atoms with Gasteiger partial charge in [-0.1, -0.05) is 38.3 Å². The van der Waals surface area contributed by atoms with Gasteiger partial charge in [0.05, 0.1) is 14.2 Å². The molecule has 0 N–H and O–H groups in total. The van der Waals surface area contributed by atoms with E-state index in [-0.39, 0.29) is 0 Å². The Labute approximate surface area is 139 Å². The SMILES string of the molecule is CCCCCCN(c1cccc(OC)c1)c1cccc(OC)c1. The zero-order valence-electron chi connectivity index (χ0n) is 14.4. The maximum Gasteiger partial charge on any atom is 0.120 e. The Balaban J connectivity index is 2.26. The summed E-state index contributed by atoms with van der Waals surface area (Å²) in [6.45, 7) is 3.22. The van der Waals surface area contributed by atoms with Crippen LogP contribution in [0.3, 0.4) is 0 Å². The zero-order chi connectivity index (χ0) is 16.5. The molecule has 0 heterocycles. The van der Waals surface area contributed by atoms with Gasteiger partial charge in [0, 0.05) is 30.1 Å². The van der Waals surface area contributed by atoms with Gasteiger partial charge in [-0.25, -0.2) is 0 Å². The van der Waals surface area contributed by atoms with Crippen molar-refractivity contribution in [3.63, 3.8) is 0 Å². The Morgan fingerprint density at radius 3 is 1.83 bits per heavy atom. The number of benzene rings is 2. The molecule has 0 amide bonds. The minimum Gasteiger partial charge on any atom is -0.497 e. The van der Waals surface area contributed by atoms with Crippen LogP contribution in [0.5, 0.6) is 11.5 Å². The molecular weight excluding hydrogens is 286 g/mol. The Hall–Kier alpha value is -2.16. The third-order valence-electron chi connectivity index (χ3n) is 3.97. The molecule has 0 aliphatic heterocycles. The Morgan fingerprint density at radius 2 is 1.35 bits per heavy atom. The second-order valence-electron chi connectivity index (χ2n) is 5.62. The first kappa shape index (κ1) is 17.2. The molecule has 0 atom stereocenters. The zero-order valence-corrected chi connectivity index (χ0v) is 14.4. The maximum atomic E-state index is 5.38. The van der Waals surface area contributed by atoms with Gasteiger partial charge in [-0.2, -0.15) is 0 Å². The highest BCUT2D eigenvalue weighted by Gasteiger charge is 2.11. The molecular formula is C20H27NO2. The van der Waals surface area contributed by atoms with Crippen molar-refractivity contribution in [2.45, 2.75) is 32.6 Å². The van der Waals surface area contributed by atoms with E-state index in [9.17, 15) is 0 Å². The van der Waals surface area contributed by atoms with E-state index in [4.69, 9.17) is 9.47 Å². The number of methoxy groups -OCH3 is 2. The molecule has 3 nitrogen and oxygen atoms in total. The van der Waals surface area contributed by atoms with Crippen LogP contribution in [0.2, 0.25) is 0 Å². The van der Waals surface area contributed by atoms with E-state index in [2.05, 4.69) is 36.1 Å². The van der Waals surface area contributed by atoms with Crippen LogP contribution >= 0.6 is 0 Å². The van der Waals surface area contributed by atoms with E-state index < -0.39 is 0 Å². The summed E-state index contributed by atoms with van der Waals surface area (Å²) in [6.07, 6.45) is 4.95. The van der Waals surface area contributed by atoms with Gasteiger partial charge in [0.25, 0.3) is 0 Å². The summed E-state index contributed by atoms with van der Waals surface area (Å²) in [5.74, 6) is 1.76. The number of anilines is 2. The van der Waals surface area contributed by atoms with E-state index in [1.54, 1.807) is 14.2 Å². The highest BCUT2D eigenvalue weighted by atomic mass is 16.5. The number of unbranched alkanes of at least 4 members (excludes halogenated alkanes) is 3. The Bertz CT molecular complexity index is 550. The summed E-state index contributed by atoms with van der Waals surface area (Å²) in [5, 5.41) is 0. The number of hydrogen-bond acceptors (Lipinski definition) is 3. The highest BCUT2D eigenvalue weighted by molar-refractivity contribution is 5.65. The molecule has 0 spiro atoms. The topological polar surface area (TPSA) is 21.7 Å². The van der Waals surface area contributed by atoms with Gasteiger partial charge in [-0.15, -0.1) is 0 Å². The highest BCUT2D eigenvalue weighted by Crippen LogP contribution is 2.31. The normalized spacial score (nSPS) is 10.4. The van der Waals surface area contributed by atoms with Crippen LogP contribution in [0.4, 0.5) is 11.4 Å². The van der Waals surface area contributed by atoms with Gasteiger partial charge in [-0.3, -0.25) is 0 Å². The van der Waals surface area contributed by atoms with E-state index >= 15 is 0 Å². The molecule has 2 aromatic rings. The Morgan fingerprint density at radius 1 is 0.783 bits per heavy atom. The van der Waals surface area contributed by atoms with Crippen LogP contribution in [-0.2, 0) is 0 Å². The lowest BCUT2D eigenvalue weighted by molar-refractivity contribution is 0.414. The lowest BCUT2D eigenvalue weighted by Crippen LogP contribution is -2.18. The number of ether oxygens (including phenoxy) is 2. The molecule has 2 aromatic carbocycles. The number of rotatable bonds is 9. The van der Waals surface area contributed by atoms with Gasteiger partial charge < -0.3 is 14.4 Å². The molecule has 0 aliphatic carbocycles. The molecule has 0 bridgehead atoms. The molecule has 23 heavy (non-hydrogen) atoms. The van der Waals surface area contributed by atoms with E-state index in [0.29, 0.717) is 0 Å². The minimum absolute atomic E-state index is 0.879. The van der Waals surface area contributed by atoms with Crippen molar-refractivity contribution < 1.29 is 9.47 Å². The van der Waals surface area contributed by atoms with Gasteiger partial charge in [0.15, 0.2) is 0 Å². The van der Waals surface area contributed by atoms with Gasteiger partial charge in [-0.05, 0) is 30.7 Å². The third-order valence-corrected chi connectivity index (χ3v) is 3.97. The largest absolute Gasteiger partial charge is 0.497 e. The maximum absolute atomic E-state index is 5.38. The lowest BCUT2D eigenvalue weighted by Gasteiger charge is -2.26. The lowest BCUT2D eigenvalue weighted by atomic mass is 10.1. The van der Waals surface area contributed by atoms with Crippen molar-refractivity contribution in [3.8, 4) is 11.5 Å². The van der Waals surface area contributed by atoms with Crippen molar-refractivity contribution in [2.24, 2.45) is 0 Å². The molecule has 0 aromatic heterocycles. The summed E-state index contributed by atoms with van der Waals surface area (Å²) in [7, 11) is 3.41. The van der Waals surface area contributed by atoms with Crippen LogP contribution in [0.25, 0.3) is 0 Å². The first-order valence-corrected chi connectivity index (χ1v) is 8.34. The monoisotopic (exact) mass is 313 g/mol. The summed E-state index contributed by atoms with van der Waals surface area (Å²) in [6, 6.07) is 16.4. The minimum atomic E-state index is 0.879. The number of nitrogens with zero attached hydrogens (tertiary/aromatic N) is 1. The molecule has 0 saturated carbocycles. The molecule has 124 valence electrons. The third kappa shape index (κ3) is 4.92. The van der Waals surface area contributed by atoms with Gasteiger partial charge in [0.1, 0.15) is 11.5 Å². The summed E-state index contributed by atoms with van der Waals surface area (Å²) < 4.78 is 10.8. The first-order chi connectivity index (χ1) is 11.3. The predicted molar refractivity (Wildman–Crippen MR) is 97.1 cm³/mol. The molecule has 3 heteroatoms. The quantitative estimate of drug-likeness (QED) is 0.577. The predicted octanol–water partition coefficient (Wildman–Crippen LogP) is 5.42. The summed E-state index contributed by atoms with van der Waals surface area (Å²) >= 11 is 0. The molecule has 0 radical (unpaired) electrons. The van der Waals surface area contributed by atoms with Gasteiger partial charge >= 0.3 is 0 Å². The molecule has 0 aliphatic rings. The van der Waals surface area contributed by atoms with Crippen LogP contribution in [-0.4, -0.2) is 20.8 Å². The van der Waals surface area contributed by atoms with Crippen molar-refractivity contribution in [1.29, 1.82) is 0 Å². The fourth-order valence-electron chi connectivity index (χ4n) is 2.66. The van der Waals surface area contributed by atoms with E-state index in [0.717, 1.165) is 29.4 Å². The van der Waals surface area contributed by atoms with Crippen LogP contribution in [0.15, 0.2) is 48.5 Å². The average Bonchev–Trinajstić information content (AvgIpc) is 2.62. The van der Waals surface area contributed by atoms with E-state index in [1.165, 1.54) is 25.7 Å². The molecule has 0 fully saturated rings.